The van der Waals surface area contributed by atoms with Gasteiger partial charge < -0.3 is 10.1 Å². The molecule has 128 valence electrons. The molecule has 0 aliphatic carbocycles. The van der Waals surface area contributed by atoms with Gasteiger partial charge in [-0.3, -0.25) is 4.79 Å². The Balaban J connectivity index is 1.71. The molecule has 5 nitrogen and oxygen atoms in total. The fourth-order valence-corrected chi connectivity index (χ4v) is 3.02. The van der Waals surface area contributed by atoms with Crippen molar-refractivity contribution in [2.24, 2.45) is 0 Å². The third-order valence-electron chi connectivity index (χ3n) is 3.20. The van der Waals surface area contributed by atoms with E-state index in [-0.39, 0.29) is 12.0 Å². The Bertz CT molecular complexity index is 861. The first-order valence-electron chi connectivity index (χ1n) is 7.67. The number of nitrogens with zero attached hydrogens (tertiary/aromatic N) is 2. The largest absolute Gasteiger partial charge is 0.491 e. The summed E-state index contributed by atoms with van der Waals surface area (Å²) in [6.07, 6.45) is 1.63. The molecule has 0 saturated carbocycles. The second-order valence-corrected chi connectivity index (χ2v) is 6.80. The van der Waals surface area contributed by atoms with E-state index in [1.165, 1.54) is 17.5 Å². The lowest BCUT2D eigenvalue weighted by molar-refractivity contribution is 0.102. The third kappa shape index (κ3) is 4.55. The highest BCUT2D eigenvalue weighted by Crippen LogP contribution is 2.26. The van der Waals surface area contributed by atoms with Crippen LogP contribution in [0.3, 0.4) is 0 Å². The lowest BCUT2D eigenvalue weighted by Crippen LogP contribution is -2.12. The number of halogens is 1. The summed E-state index contributed by atoms with van der Waals surface area (Å²) in [4.78, 5) is 20.6. The maximum Gasteiger partial charge on any atom is 0.275 e. The molecule has 0 saturated heterocycles. The summed E-state index contributed by atoms with van der Waals surface area (Å²) >= 11 is 7.15. The average molecular weight is 374 g/mol. The van der Waals surface area contributed by atoms with Crippen LogP contribution in [0.5, 0.6) is 5.75 Å². The molecule has 25 heavy (non-hydrogen) atoms. The van der Waals surface area contributed by atoms with Gasteiger partial charge in [0.1, 0.15) is 21.6 Å². The van der Waals surface area contributed by atoms with Gasteiger partial charge in [-0.05, 0) is 50.2 Å². The number of rotatable bonds is 5. The lowest BCUT2D eigenvalue weighted by atomic mass is 10.2. The van der Waals surface area contributed by atoms with Crippen LogP contribution in [0.2, 0.25) is 5.15 Å². The van der Waals surface area contributed by atoms with Crippen LogP contribution < -0.4 is 10.1 Å². The van der Waals surface area contributed by atoms with Crippen molar-refractivity contribution in [3.63, 3.8) is 0 Å². The minimum absolute atomic E-state index is 0.128. The molecule has 7 heteroatoms. The van der Waals surface area contributed by atoms with Gasteiger partial charge >= 0.3 is 0 Å². The maximum atomic E-state index is 12.3. The average Bonchev–Trinajstić information content (AvgIpc) is 3.07. The van der Waals surface area contributed by atoms with Gasteiger partial charge in [0.2, 0.25) is 0 Å². The molecule has 1 aromatic carbocycles. The number of nitrogens with one attached hydrogen (secondary N) is 1. The molecule has 0 spiro atoms. The molecule has 0 bridgehead atoms. The van der Waals surface area contributed by atoms with E-state index in [0.717, 1.165) is 16.3 Å². The Morgan fingerprint density at radius 2 is 1.96 bits per heavy atom. The fraction of sp³-hybridized carbons (Fsp3) is 0.167. The zero-order chi connectivity index (χ0) is 17.8. The molecule has 2 heterocycles. The number of hydrogen-bond donors (Lipinski definition) is 1. The van der Waals surface area contributed by atoms with Gasteiger partial charge in [0.05, 0.1) is 18.0 Å². The smallest absolute Gasteiger partial charge is 0.275 e. The van der Waals surface area contributed by atoms with Crippen LogP contribution in [0.1, 0.15) is 24.3 Å². The molecular weight excluding hydrogens is 358 g/mol. The van der Waals surface area contributed by atoms with Crippen molar-refractivity contribution >= 4 is 34.5 Å². The van der Waals surface area contributed by atoms with E-state index >= 15 is 0 Å². The standard InChI is InChI=1S/C18H16ClN3O2S/c1-11(2)24-14-6-3-12(4-7-14)18-22-15(10-25-18)17(23)21-13-5-8-16(19)20-9-13/h3-11H,1-2H3,(H,21,23). The zero-order valence-corrected chi connectivity index (χ0v) is 15.3. The molecule has 1 amide bonds. The number of hydrogen-bond acceptors (Lipinski definition) is 5. The van der Waals surface area contributed by atoms with E-state index in [1.807, 2.05) is 38.1 Å². The highest BCUT2D eigenvalue weighted by molar-refractivity contribution is 7.13. The number of carbonyl (C=O) groups is 1. The van der Waals surface area contributed by atoms with Crippen LogP contribution in [-0.2, 0) is 0 Å². The first-order valence-corrected chi connectivity index (χ1v) is 8.92. The highest BCUT2D eigenvalue weighted by Gasteiger charge is 2.12. The van der Waals surface area contributed by atoms with Crippen LogP contribution in [0.4, 0.5) is 5.69 Å². The molecule has 0 radical (unpaired) electrons. The quantitative estimate of drug-likeness (QED) is 0.646. The number of anilines is 1. The van der Waals surface area contributed by atoms with Gasteiger partial charge in [0.15, 0.2) is 0 Å². The third-order valence-corrected chi connectivity index (χ3v) is 4.31. The van der Waals surface area contributed by atoms with Crippen LogP contribution in [0.15, 0.2) is 48.0 Å². The number of aromatic nitrogens is 2. The van der Waals surface area contributed by atoms with Crippen molar-refractivity contribution < 1.29 is 9.53 Å². The Kier molecular flexibility index (Phi) is 5.31. The fourth-order valence-electron chi connectivity index (χ4n) is 2.10. The van der Waals surface area contributed by atoms with Gasteiger partial charge in [0.25, 0.3) is 5.91 Å². The van der Waals surface area contributed by atoms with Crippen LogP contribution in [-0.4, -0.2) is 22.0 Å². The Hall–Kier alpha value is -2.44. The number of thiazole rings is 1. The number of ether oxygens (including phenoxy) is 1. The van der Waals surface area contributed by atoms with Gasteiger partial charge in [-0.2, -0.15) is 0 Å². The molecule has 0 unspecified atom stereocenters. The van der Waals surface area contributed by atoms with E-state index < -0.39 is 0 Å². The molecule has 3 aromatic rings. The van der Waals surface area contributed by atoms with E-state index in [9.17, 15) is 4.79 Å². The molecule has 1 N–H and O–H groups in total. The van der Waals surface area contributed by atoms with E-state index in [0.29, 0.717) is 16.5 Å². The molecule has 0 fully saturated rings. The van der Waals surface area contributed by atoms with E-state index in [2.05, 4.69) is 15.3 Å². The van der Waals surface area contributed by atoms with Crippen molar-refractivity contribution in [2.45, 2.75) is 20.0 Å². The van der Waals surface area contributed by atoms with Gasteiger partial charge in [-0.25, -0.2) is 9.97 Å². The lowest BCUT2D eigenvalue weighted by Gasteiger charge is -2.09. The van der Waals surface area contributed by atoms with E-state index in [4.69, 9.17) is 16.3 Å². The molecule has 0 aliphatic heterocycles. The predicted octanol–water partition coefficient (Wildman–Crippen LogP) is 4.90. The number of pyridine rings is 1. The summed E-state index contributed by atoms with van der Waals surface area (Å²) in [6, 6.07) is 11.0. The molecule has 3 rings (SSSR count). The minimum Gasteiger partial charge on any atom is -0.491 e. The van der Waals surface area contributed by atoms with Crippen molar-refractivity contribution in [2.75, 3.05) is 5.32 Å². The summed E-state index contributed by atoms with van der Waals surface area (Å²) in [5, 5.41) is 5.62. The maximum absolute atomic E-state index is 12.3. The Labute approximate surface area is 154 Å². The Morgan fingerprint density at radius 3 is 2.60 bits per heavy atom. The normalized spacial score (nSPS) is 10.7. The van der Waals surface area contributed by atoms with Crippen molar-refractivity contribution in [3.05, 3.63) is 58.8 Å². The first-order chi connectivity index (χ1) is 12.0. The molecule has 0 aliphatic rings. The minimum atomic E-state index is -0.286. The van der Waals surface area contributed by atoms with Crippen molar-refractivity contribution in [1.29, 1.82) is 0 Å². The molecular formula is C18H16ClN3O2S. The summed E-state index contributed by atoms with van der Waals surface area (Å²) in [5.41, 5.74) is 1.87. The monoisotopic (exact) mass is 373 g/mol. The molecule has 0 atom stereocenters. The van der Waals surface area contributed by atoms with Crippen LogP contribution >= 0.6 is 22.9 Å². The highest BCUT2D eigenvalue weighted by atomic mass is 35.5. The van der Waals surface area contributed by atoms with Gasteiger partial charge in [-0.1, -0.05) is 11.6 Å². The first kappa shape index (κ1) is 17.4. The number of benzene rings is 1. The second kappa shape index (κ2) is 7.63. The SMILES string of the molecule is CC(C)Oc1ccc(-c2nc(C(=O)Nc3ccc(Cl)nc3)cs2)cc1. The van der Waals surface area contributed by atoms with Gasteiger partial charge in [-0.15, -0.1) is 11.3 Å². The summed E-state index contributed by atoms with van der Waals surface area (Å²) in [7, 11) is 0. The topological polar surface area (TPSA) is 64.1 Å². The zero-order valence-electron chi connectivity index (χ0n) is 13.7. The second-order valence-electron chi connectivity index (χ2n) is 5.55. The van der Waals surface area contributed by atoms with Crippen molar-refractivity contribution in [1.82, 2.24) is 9.97 Å². The van der Waals surface area contributed by atoms with E-state index in [1.54, 1.807) is 17.5 Å². The summed E-state index contributed by atoms with van der Waals surface area (Å²) < 4.78 is 5.63. The summed E-state index contributed by atoms with van der Waals surface area (Å²) in [5.74, 6) is 0.523. The number of carbonyl (C=O) groups excluding carboxylic acids is 1. The van der Waals surface area contributed by atoms with Crippen LogP contribution in [0, 0.1) is 0 Å². The van der Waals surface area contributed by atoms with Crippen molar-refractivity contribution in [3.8, 4) is 16.3 Å². The van der Waals surface area contributed by atoms with Crippen LogP contribution in [0.25, 0.3) is 10.6 Å². The molecule has 2 aromatic heterocycles. The van der Waals surface area contributed by atoms with Gasteiger partial charge in [0, 0.05) is 10.9 Å². The Morgan fingerprint density at radius 1 is 1.20 bits per heavy atom. The number of amides is 1. The summed E-state index contributed by atoms with van der Waals surface area (Å²) in [6.45, 7) is 3.96. The predicted molar refractivity (Wildman–Crippen MR) is 101 cm³/mol.